The van der Waals surface area contributed by atoms with E-state index in [9.17, 15) is 13.2 Å². The van der Waals surface area contributed by atoms with Gasteiger partial charge in [0.15, 0.2) is 0 Å². The SMILES string of the molecule is CC(C)(C)OC(=O)Nc1ccc(S(=O)(=O)c2ccccc2)s1. The van der Waals surface area contributed by atoms with E-state index < -0.39 is 21.5 Å². The lowest BCUT2D eigenvalue weighted by Gasteiger charge is -2.19. The van der Waals surface area contributed by atoms with E-state index in [-0.39, 0.29) is 9.10 Å². The van der Waals surface area contributed by atoms with Crippen molar-refractivity contribution < 1.29 is 17.9 Å². The van der Waals surface area contributed by atoms with Crippen LogP contribution in [0.1, 0.15) is 20.8 Å². The van der Waals surface area contributed by atoms with Gasteiger partial charge < -0.3 is 4.74 Å². The number of nitrogens with one attached hydrogen (secondary N) is 1. The van der Waals surface area contributed by atoms with E-state index in [1.807, 2.05) is 0 Å². The van der Waals surface area contributed by atoms with Crippen LogP contribution in [0.2, 0.25) is 0 Å². The Bertz CT molecular complexity index is 758. The summed E-state index contributed by atoms with van der Waals surface area (Å²) >= 11 is 0.989. The molecule has 1 heterocycles. The van der Waals surface area contributed by atoms with E-state index >= 15 is 0 Å². The van der Waals surface area contributed by atoms with Gasteiger partial charge >= 0.3 is 6.09 Å². The molecule has 1 N–H and O–H groups in total. The Morgan fingerprint density at radius 2 is 1.73 bits per heavy atom. The second-order valence-corrected chi connectivity index (χ2v) is 8.82. The quantitative estimate of drug-likeness (QED) is 0.919. The maximum absolute atomic E-state index is 12.4. The van der Waals surface area contributed by atoms with Crippen LogP contribution in [0.25, 0.3) is 0 Å². The zero-order valence-corrected chi connectivity index (χ0v) is 14.1. The van der Waals surface area contributed by atoms with E-state index in [0.717, 1.165) is 11.3 Å². The molecule has 0 spiro atoms. The van der Waals surface area contributed by atoms with Crippen molar-refractivity contribution in [2.75, 3.05) is 5.32 Å². The molecule has 0 bridgehead atoms. The fourth-order valence-electron chi connectivity index (χ4n) is 1.65. The van der Waals surface area contributed by atoms with Crippen molar-refractivity contribution in [3.8, 4) is 0 Å². The van der Waals surface area contributed by atoms with Crippen LogP contribution < -0.4 is 5.32 Å². The van der Waals surface area contributed by atoms with Crippen LogP contribution in [0.5, 0.6) is 0 Å². The number of benzene rings is 1. The van der Waals surface area contributed by atoms with Gasteiger partial charge in [-0.25, -0.2) is 13.2 Å². The van der Waals surface area contributed by atoms with E-state index in [0.29, 0.717) is 5.00 Å². The monoisotopic (exact) mass is 339 g/mol. The largest absolute Gasteiger partial charge is 0.444 e. The highest BCUT2D eigenvalue weighted by Crippen LogP contribution is 2.30. The molecule has 0 unspecified atom stereocenters. The number of anilines is 1. The Labute approximate surface area is 133 Å². The lowest BCUT2D eigenvalue weighted by molar-refractivity contribution is 0.0636. The first kappa shape index (κ1) is 16.5. The van der Waals surface area contributed by atoms with Crippen molar-refractivity contribution >= 4 is 32.3 Å². The maximum atomic E-state index is 12.4. The summed E-state index contributed by atoms with van der Waals surface area (Å²) in [6.45, 7) is 5.27. The summed E-state index contributed by atoms with van der Waals surface area (Å²) in [7, 11) is -3.56. The lowest BCUT2D eigenvalue weighted by atomic mass is 10.2. The Balaban J connectivity index is 2.17. The third-order valence-corrected chi connectivity index (χ3v) is 5.79. The third kappa shape index (κ3) is 4.08. The molecule has 0 radical (unpaired) electrons. The normalized spacial score (nSPS) is 12.0. The predicted octanol–water partition coefficient (Wildman–Crippen LogP) is 3.93. The third-order valence-electron chi connectivity index (χ3n) is 2.52. The smallest absolute Gasteiger partial charge is 0.412 e. The van der Waals surface area contributed by atoms with Crippen molar-refractivity contribution in [1.29, 1.82) is 0 Å². The molecule has 0 aliphatic heterocycles. The summed E-state index contributed by atoms with van der Waals surface area (Å²) in [5, 5.41) is 2.96. The number of amides is 1. The van der Waals surface area contributed by atoms with E-state index in [2.05, 4.69) is 5.32 Å². The standard InChI is InChI=1S/C15H17NO4S2/c1-15(2,3)20-14(17)16-12-9-10-13(21-12)22(18,19)11-7-5-4-6-8-11/h4-10H,1-3H3,(H,16,17). The first-order valence-corrected chi connectivity index (χ1v) is 8.88. The van der Waals surface area contributed by atoms with Gasteiger partial charge in [-0.15, -0.1) is 11.3 Å². The molecule has 0 aliphatic rings. The zero-order valence-electron chi connectivity index (χ0n) is 12.5. The summed E-state index contributed by atoms with van der Waals surface area (Å²) in [5.41, 5.74) is -0.611. The molecule has 1 aromatic carbocycles. The molecule has 0 fully saturated rings. The van der Waals surface area contributed by atoms with E-state index in [4.69, 9.17) is 4.74 Å². The molecule has 0 saturated heterocycles. The molecule has 7 heteroatoms. The van der Waals surface area contributed by atoms with Gasteiger partial charge in [-0.05, 0) is 45.0 Å². The number of ether oxygens (including phenoxy) is 1. The highest BCUT2D eigenvalue weighted by Gasteiger charge is 2.21. The van der Waals surface area contributed by atoms with Gasteiger partial charge in [0.25, 0.3) is 0 Å². The minimum Gasteiger partial charge on any atom is -0.444 e. The Hall–Kier alpha value is -1.86. The summed E-state index contributed by atoms with van der Waals surface area (Å²) in [4.78, 5) is 11.9. The topological polar surface area (TPSA) is 72.5 Å². The van der Waals surface area contributed by atoms with Crippen molar-refractivity contribution in [1.82, 2.24) is 0 Å². The summed E-state index contributed by atoms with van der Waals surface area (Å²) in [5.74, 6) is 0. The number of sulfone groups is 1. The maximum Gasteiger partial charge on any atom is 0.412 e. The van der Waals surface area contributed by atoms with Crippen LogP contribution in [-0.2, 0) is 14.6 Å². The van der Waals surface area contributed by atoms with Gasteiger partial charge in [0.05, 0.1) is 9.90 Å². The summed E-state index contributed by atoms with van der Waals surface area (Å²) in [6.07, 6.45) is -0.613. The fourth-order valence-corrected chi connectivity index (χ4v) is 4.27. The first-order chi connectivity index (χ1) is 10.2. The molecule has 2 aromatic rings. The molecule has 1 aromatic heterocycles. The molecule has 1 amide bonds. The second-order valence-electron chi connectivity index (χ2n) is 5.56. The number of carbonyl (C=O) groups excluding carboxylic acids is 1. The highest BCUT2D eigenvalue weighted by atomic mass is 32.2. The van der Waals surface area contributed by atoms with Crippen molar-refractivity contribution in [3.05, 3.63) is 42.5 Å². The van der Waals surface area contributed by atoms with E-state index in [1.165, 1.54) is 18.2 Å². The molecule has 2 rings (SSSR count). The van der Waals surface area contributed by atoms with Crippen LogP contribution in [0.15, 0.2) is 51.6 Å². The number of thiophene rings is 1. The van der Waals surface area contributed by atoms with Crippen LogP contribution in [0.4, 0.5) is 9.80 Å². The number of hydrogen-bond donors (Lipinski definition) is 1. The summed E-state index contributed by atoms with van der Waals surface area (Å²) < 4.78 is 30.2. The van der Waals surface area contributed by atoms with Gasteiger partial charge in [0.2, 0.25) is 9.84 Å². The fraction of sp³-hybridized carbons (Fsp3) is 0.267. The van der Waals surface area contributed by atoms with Crippen LogP contribution >= 0.6 is 11.3 Å². The van der Waals surface area contributed by atoms with Gasteiger partial charge in [0, 0.05) is 0 Å². The zero-order chi connectivity index (χ0) is 16.4. The Kier molecular flexibility index (Phi) is 4.58. The number of rotatable bonds is 3. The molecule has 118 valence electrons. The molecular formula is C15H17NO4S2. The van der Waals surface area contributed by atoms with Gasteiger partial charge in [-0.3, -0.25) is 5.32 Å². The molecule has 5 nitrogen and oxygen atoms in total. The molecule has 22 heavy (non-hydrogen) atoms. The molecule has 0 aliphatic carbocycles. The number of carbonyl (C=O) groups is 1. The second kappa shape index (κ2) is 6.10. The van der Waals surface area contributed by atoms with Crippen LogP contribution in [0, 0.1) is 0 Å². The van der Waals surface area contributed by atoms with Gasteiger partial charge in [0.1, 0.15) is 9.81 Å². The van der Waals surface area contributed by atoms with Crippen molar-refractivity contribution in [2.24, 2.45) is 0 Å². The van der Waals surface area contributed by atoms with Gasteiger partial charge in [-0.1, -0.05) is 18.2 Å². The average Bonchev–Trinajstić information content (AvgIpc) is 2.86. The van der Waals surface area contributed by atoms with Crippen molar-refractivity contribution in [2.45, 2.75) is 35.5 Å². The van der Waals surface area contributed by atoms with E-state index in [1.54, 1.807) is 45.0 Å². The lowest BCUT2D eigenvalue weighted by Crippen LogP contribution is -2.26. The molecular weight excluding hydrogens is 322 g/mol. The average molecular weight is 339 g/mol. The van der Waals surface area contributed by atoms with Crippen molar-refractivity contribution in [3.63, 3.8) is 0 Å². The van der Waals surface area contributed by atoms with Crippen LogP contribution in [-0.4, -0.2) is 20.1 Å². The highest BCUT2D eigenvalue weighted by molar-refractivity contribution is 7.93. The number of hydrogen-bond acceptors (Lipinski definition) is 5. The van der Waals surface area contributed by atoms with Crippen LogP contribution in [0.3, 0.4) is 0 Å². The minimum absolute atomic E-state index is 0.171. The molecule has 0 atom stereocenters. The minimum atomic E-state index is -3.56. The Morgan fingerprint density at radius 3 is 2.32 bits per heavy atom. The summed E-state index contributed by atoms with van der Waals surface area (Å²) in [6, 6.07) is 11.2. The van der Waals surface area contributed by atoms with Gasteiger partial charge in [-0.2, -0.15) is 0 Å². The Morgan fingerprint density at radius 1 is 1.09 bits per heavy atom. The first-order valence-electron chi connectivity index (χ1n) is 6.58. The predicted molar refractivity (Wildman–Crippen MR) is 86.1 cm³/mol. The molecule has 0 saturated carbocycles.